The molecule has 1 fully saturated rings. The maximum absolute atomic E-state index is 3.54. The molecule has 2 nitrogen and oxygen atoms in total. The van der Waals surface area contributed by atoms with Crippen molar-refractivity contribution in [3.8, 4) is 0 Å². The number of anilines is 1. The van der Waals surface area contributed by atoms with Gasteiger partial charge in [-0.25, -0.2) is 0 Å². The van der Waals surface area contributed by atoms with Crippen molar-refractivity contribution in [2.45, 2.75) is 13.8 Å². The molecule has 1 saturated heterocycles. The second-order valence-corrected chi connectivity index (χ2v) is 6.82. The van der Waals surface area contributed by atoms with Gasteiger partial charge in [-0.3, -0.25) is 0 Å². The Kier molecular flexibility index (Phi) is 3.04. The third kappa shape index (κ3) is 2.25. The average molecular weight is 260 g/mol. The molecule has 2 aromatic rings. The van der Waals surface area contributed by atoms with E-state index in [9.17, 15) is 0 Å². The Balaban J connectivity index is 2.00. The van der Waals surface area contributed by atoms with E-state index in [2.05, 4.69) is 53.7 Å². The Morgan fingerprint density at radius 2 is 2.17 bits per heavy atom. The lowest BCUT2D eigenvalue weighted by molar-refractivity contribution is 0.371. The van der Waals surface area contributed by atoms with E-state index in [0.29, 0.717) is 5.41 Å². The summed E-state index contributed by atoms with van der Waals surface area (Å²) >= 11 is 1.83. The molecule has 3 heteroatoms. The fraction of sp³-hybridized carbons (Fsp3) is 0.467. The molecule has 0 unspecified atom stereocenters. The van der Waals surface area contributed by atoms with Gasteiger partial charge in [0.05, 0.1) is 0 Å². The van der Waals surface area contributed by atoms with Crippen molar-refractivity contribution in [2.24, 2.45) is 5.41 Å². The molecule has 0 atom stereocenters. The highest BCUT2D eigenvalue weighted by Gasteiger charge is 2.25. The van der Waals surface area contributed by atoms with Crippen LogP contribution in [0.1, 0.15) is 13.8 Å². The molecule has 1 aliphatic rings. The van der Waals surface area contributed by atoms with Gasteiger partial charge in [0.15, 0.2) is 0 Å². The Morgan fingerprint density at radius 3 is 3.06 bits per heavy atom. The second kappa shape index (κ2) is 4.56. The van der Waals surface area contributed by atoms with Crippen LogP contribution in [0.4, 0.5) is 5.69 Å². The molecule has 0 bridgehead atoms. The largest absolute Gasteiger partial charge is 0.369 e. The zero-order chi connectivity index (χ0) is 12.6. The van der Waals surface area contributed by atoms with Crippen LogP contribution in [-0.4, -0.2) is 26.2 Å². The molecular weight excluding hydrogens is 240 g/mol. The molecule has 2 heterocycles. The van der Waals surface area contributed by atoms with Gasteiger partial charge in [0, 0.05) is 42.0 Å². The lowest BCUT2D eigenvalue weighted by Gasteiger charge is -2.31. The number of hydrogen-bond donors (Lipinski definition) is 1. The van der Waals surface area contributed by atoms with Gasteiger partial charge in [0.2, 0.25) is 0 Å². The fourth-order valence-electron chi connectivity index (χ4n) is 2.75. The normalized spacial score (nSPS) is 20.0. The molecule has 18 heavy (non-hydrogen) atoms. The molecular formula is C15H20N2S. The Hall–Kier alpha value is -1.06. The highest BCUT2D eigenvalue weighted by atomic mass is 32.1. The molecule has 0 aliphatic carbocycles. The van der Waals surface area contributed by atoms with E-state index in [4.69, 9.17) is 0 Å². The number of benzene rings is 1. The first-order valence-corrected chi connectivity index (χ1v) is 7.46. The smallest absolute Gasteiger partial charge is 0.0455 e. The molecule has 1 aromatic carbocycles. The van der Waals surface area contributed by atoms with Crippen LogP contribution in [0.2, 0.25) is 0 Å². The fourth-order valence-corrected chi connectivity index (χ4v) is 3.56. The summed E-state index contributed by atoms with van der Waals surface area (Å²) in [6.07, 6.45) is 0. The minimum Gasteiger partial charge on any atom is -0.369 e. The van der Waals surface area contributed by atoms with Gasteiger partial charge in [-0.15, -0.1) is 11.3 Å². The van der Waals surface area contributed by atoms with Crippen LogP contribution in [0, 0.1) is 5.41 Å². The summed E-state index contributed by atoms with van der Waals surface area (Å²) in [5.41, 5.74) is 1.72. The average Bonchev–Trinajstić information content (AvgIpc) is 2.73. The maximum Gasteiger partial charge on any atom is 0.0455 e. The molecule has 1 N–H and O–H groups in total. The summed E-state index contributed by atoms with van der Waals surface area (Å²) in [5, 5.41) is 7.13. The standard InChI is InChI=1S/C15H20N2S/c1-15(2)10-16-7-8-17(11-15)13-4-3-5-14-12(13)6-9-18-14/h3-6,9,16H,7-8,10-11H2,1-2H3. The summed E-state index contributed by atoms with van der Waals surface area (Å²) in [4.78, 5) is 2.54. The van der Waals surface area contributed by atoms with Crippen molar-refractivity contribution in [3.05, 3.63) is 29.6 Å². The van der Waals surface area contributed by atoms with Crippen molar-refractivity contribution >= 4 is 27.1 Å². The minimum absolute atomic E-state index is 0.328. The van der Waals surface area contributed by atoms with E-state index < -0.39 is 0 Å². The van der Waals surface area contributed by atoms with Gasteiger partial charge in [-0.1, -0.05) is 19.9 Å². The monoisotopic (exact) mass is 260 g/mol. The highest BCUT2D eigenvalue weighted by Crippen LogP contribution is 2.32. The van der Waals surface area contributed by atoms with E-state index in [-0.39, 0.29) is 0 Å². The molecule has 1 aliphatic heterocycles. The van der Waals surface area contributed by atoms with Crippen LogP contribution in [0.5, 0.6) is 0 Å². The summed E-state index contributed by atoms with van der Waals surface area (Å²) in [5.74, 6) is 0. The first-order chi connectivity index (χ1) is 8.66. The van der Waals surface area contributed by atoms with Crippen LogP contribution >= 0.6 is 11.3 Å². The number of nitrogens with one attached hydrogen (secondary N) is 1. The van der Waals surface area contributed by atoms with Gasteiger partial charge < -0.3 is 10.2 Å². The Bertz CT molecular complexity index is 544. The molecule has 1 aromatic heterocycles. The number of rotatable bonds is 1. The van der Waals surface area contributed by atoms with Crippen LogP contribution in [-0.2, 0) is 0 Å². The Morgan fingerprint density at radius 1 is 1.28 bits per heavy atom. The van der Waals surface area contributed by atoms with Crippen molar-refractivity contribution in [1.82, 2.24) is 5.32 Å². The number of thiophene rings is 1. The predicted octanol–water partition coefficient (Wildman–Crippen LogP) is 3.34. The van der Waals surface area contributed by atoms with E-state index in [1.54, 1.807) is 0 Å². The molecule has 96 valence electrons. The molecule has 0 saturated carbocycles. The van der Waals surface area contributed by atoms with E-state index >= 15 is 0 Å². The van der Waals surface area contributed by atoms with E-state index in [0.717, 1.165) is 26.2 Å². The molecule has 0 radical (unpaired) electrons. The first kappa shape index (κ1) is 12.0. The zero-order valence-electron chi connectivity index (χ0n) is 11.1. The van der Waals surface area contributed by atoms with Gasteiger partial charge in [-0.05, 0) is 29.0 Å². The van der Waals surface area contributed by atoms with E-state index in [1.807, 2.05) is 11.3 Å². The number of nitrogens with zero attached hydrogens (tertiary/aromatic N) is 1. The highest BCUT2D eigenvalue weighted by molar-refractivity contribution is 7.17. The van der Waals surface area contributed by atoms with Gasteiger partial charge in [0.1, 0.15) is 0 Å². The van der Waals surface area contributed by atoms with Crippen LogP contribution in [0.3, 0.4) is 0 Å². The summed E-state index contributed by atoms with van der Waals surface area (Å²) < 4.78 is 1.39. The lowest BCUT2D eigenvalue weighted by atomic mass is 9.93. The van der Waals surface area contributed by atoms with Crippen LogP contribution < -0.4 is 10.2 Å². The quantitative estimate of drug-likeness (QED) is 0.846. The molecule has 0 spiro atoms. The maximum atomic E-state index is 3.54. The van der Waals surface area contributed by atoms with Crippen molar-refractivity contribution < 1.29 is 0 Å². The summed E-state index contributed by atoms with van der Waals surface area (Å²) in [6, 6.07) is 8.90. The van der Waals surface area contributed by atoms with Gasteiger partial charge >= 0.3 is 0 Å². The summed E-state index contributed by atoms with van der Waals surface area (Å²) in [6.45, 7) is 9.07. The van der Waals surface area contributed by atoms with Crippen LogP contribution in [0.15, 0.2) is 29.6 Å². The van der Waals surface area contributed by atoms with Gasteiger partial charge in [-0.2, -0.15) is 0 Å². The van der Waals surface area contributed by atoms with E-state index in [1.165, 1.54) is 15.8 Å². The number of fused-ring (bicyclic) bond motifs is 1. The van der Waals surface area contributed by atoms with Gasteiger partial charge in [0.25, 0.3) is 0 Å². The first-order valence-electron chi connectivity index (χ1n) is 6.58. The number of hydrogen-bond acceptors (Lipinski definition) is 3. The van der Waals surface area contributed by atoms with Crippen LogP contribution in [0.25, 0.3) is 10.1 Å². The third-order valence-electron chi connectivity index (χ3n) is 3.59. The van der Waals surface area contributed by atoms with Crippen molar-refractivity contribution in [1.29, 1.82) is 0 Å². The van der Waals surface area contributed by atoms with Crippen molar-refractivity contribution in [3.63, 3.8) is 0 Å². The molecule has 3 rings (SSSR count). The molecule has 0 amide bonds. The lowest BCUT2D eigenvalue weighted by Crippen LogP contribution is -2.35. The van der Waals surface area contributed by atoms with Crippen molar-refractivity contribution in [2.75, 3.05) is 31.1 Å². The predicted molar refractivity (Wildman–Crippen MR) is 80.7 cm³/mol. The minimum atomic E-state index is 0.328. The zero-order valence-corrected chi connectivity index (χ0v) is 11.9. The topological polar surface area (TPSA) is 15.3 Å². The second-order valence-electron chi connectivity index (χ2n) is 5.87. The SMILES string of the molecule is CC1(C)CNCCN(c2cccc3sccc23)C1. The Labute approximate surface area is 113 Å². The third-order valence-corrected chi connectivity index (χ3v) is 4.48. The summed E-state index contributed by atoms with van der Waals surface area (Å²) in [7, 11) is 0.